The SMILES string of the molecule is NCC1CCCN1C(=O)c1cc2ccccc2s1. The summed E-state index contributed by atoms with van der Waals surface area (Å²) < 4.78 is 1.17. The van der Waals surface area contributed by atoms with Crippen molar-refractivity contribution >= 4 is 27.3 Å². The maximum atomic E-state index is 12.5. The molecular weight excluding hydrogens is 244 g/mol. The zero-order valence-corrected chi connectivity index (χ0v) is 11.0. The van der Waals surface area contributed by atoms with Gasteiger partial charge in [0.05, 0.1) is 4.88 Å². The highest BCUT2D eigenvalue weighted by atomic mass is 32.1. The third kappa shape index (κ3) is 1.91. The molecule has 1 amide bonds. The van der Waals surface area contributed by atoms with Crippen LogP contribution in [0.2, 0.25) is 0 Å². The van der Waals surface area contributed by atoms with Crippen LogP contribution in [0.15, 0.2) is 30.3 Å². The number of thiophene rings is 1. The Morgan fingerprint density at radius 3 is 3.06 bits per heavy atom. The van der Waals surface area contributed by atoms with Crippen molar-refractivity contribution in [1.29, 1.82) is 0 Å². The lowest BCUT2D eigenvalue weighted by Gasteiger charge is -2.22. The van der Waals surface area contributed by atoms with Crippen LogP contribution in [0.4, 0.5) is 0 Å². The van der Waals surface area contributed by atoms with Crippen molar-refractivity contribution in [3.8, 4) is 0 Å². The maximum Gasteiger partial charge on any atom is 0.264 e. The Morgan fingerprint density at radius 1 is 1.44 bits per heavy atom. The molecule has 3 nitrogen and oxygen atoms in total. The van der Waals surface area contributed by atoms with E-state index in [1.807, 2.05) is 29.2 Å². The number of likely N-dealkylation sites (tertiary alicyclic amines) is 1. The normalized spacial score (nSPS) is 19.6. The summed E-state index contributed by atoms with van der Waals surface area (Å²) in [7, 11) is 0. The predicted molar refractivity (Wildman–Crippen MR) is 74.9 cm³/mol. The van der Waals surface area contributed by atoms with Gasteiger partial charge in [-0.1, -0.05) is 18.2 Å². The lowest BCUT2D eigenvalue weighted by molar-refractivity contribution is 0.0746. The summed E-state index contributed by atoms with van der Waals surface area (Å²) in [6.07, 6.45) is 2.10. The van der Waals surface area contributed by atoms with E-state index in [0.717, 1.165) is 29.6 Å². The molecule has 0 radical (unpaired) electrons. The highest BCUT2D eigenvalue weighted by Gasteiger charge is 2.29. The number of carbonyl (C=O) groups excluding carboxylic acids is 1. The molecule has 1 aliphatic heterocycles. The summed E-state index contributed by atoms with van der Waals surface area (Å²) in [5.41, 5.74) is 5.72. The maximum absolute atomic E-state index is 12.5. The van der Waals surface area contributed by atoms with Crippen LogP contribution in [0.3, 0.4) is 0 Å². The van der Waals surface area contributed by atoms with E-state index in [1.165, 1.54) is 4.70 Å². The summed E-state index contributed by atoms with van der Waals surface area (Å²) in [5, 5.41) is 1.15. The fourth-order valence-electron chi connectivity index (χ4n) is 2.58. The van der Waals surface area contributed by atoms with Gasteiger partial charge >= 0.3 is 0 Å². The topological polar surface area (TPSA) is 46.3 Å². The van der Waals surface area contributed by atoms with Gasteiger partial charge in [-0.15, -0.1) is 11.3 Å². The molecule has 0 bridgehead atoms. The zero-order valence-electron chi connectivity index (χ0n) is 10.1. The molecule has 94 valence electrons. The van der Waals surface area contributed by atoms with Gasteiger partial charge in [-0.2, -0.15) is 0 Å². The standard InChI is InChI=1S/C14H16N2OS/c15-9-11-5-3-7-16(11)14(17)13-8-10-4-1-2-6-12(10)18-13/h1-2,4,6,8,11H,3,5,7,9,15H2. The van der Waals surface area contributed by atoms with E-state index in [2.05, 4.69) is 6.07 Å². The smallest absolute Gasteiger partial charge is 0.264 e. The molecule has 2 N–H and O–H groups in total. The minimum Gasteiger partial charge on any atom is -0.334 e. The number of fused-ring (bicyclic) bond motifs is 1. The van der Waals surface area contributed by atoms with Gasteiger partial charge in [0, 0.05) is 23.8 Å². The minimum absolute atomic E-state index is 0.143. The van der Waals surface area contributed by atoms with Gasteiger partial charge in [0.2, 0.25) is 0 Å². The van der Waals surface area contributed by atoms with Crippen molar-refractivity contribution in [2.75, 3.05) is 13.1 Å². The monoisotopic (exact) mass is 260 g/mol. The van der Waals surface area contributed by atoms with E-state index in [9.17, 15) is 4.79 Å². The summed E-state index contributed by atoms with van der Waals surface area (Å²) in [6, 6.07) is 10.3. The second-order valence-corrected chi connectivity index (χ2v) is 5.76. The van der Waals surface area contributed by atoms with Gasteiger partial charge in [0.15, 0.2) is 0 Å². The van der Waals surface area contributed by atoms with E-state index in [1.54, 1.807) is 11.3 Å². The van der Waals surface area contributed by atoms with Crippen LogP contribution >= 0.6 is 11.3 Å². The van der Waals surface area contributed by atoms with Gasteiger partial charge in [-0.25, -0.2) is 0 Å². The molecule has 4 heteroatoms. The number of nitrogens with zero attached hydrogens (tertiary/aromatic N) is 1. The largest absolute Gasteiger partial charge is 0.334 e. The van der Waals surface area contributed by atoms with Gasteiger partial charge in [0.25, 0.3) is 5.91 Å². The highest BCUT2D eigenvalue weighted by Crippen LogP contribution is 2.28. The second-order valence-electron chi connectivity index (χ2n) is 4.68. The number of amides is 1. The zero-order chi connectivity index (χ0) is 12.5. The molecule has 0 spiro atoms. The molecule has 18 heavy (non-hydrogen) atoms. The number of nitrogens with two attached hydrogens (primary N) is 1. The van der Waals surface area contributed by atoms with Crippen molar-refractivity contribution in [3.63, 3.8) is 0 Å². The molecule has 1 unspecified atom stereocenters. The van der Waals surface area contributed by atoms with Gasteiger partial charge < -0.3 is 10.6 Å². The Balaban J connectivity index is 1.91. The third-order valence-corrected chi connectivity index (χ3v) is 4.65. The molecule has 3 rings (SSSR count). The minimum atomic E-state index is 0.143. The highest BCUT2D eigenvalue weighted by molar-refractivity contribution is 7.20. The van der Waals surface area contributed by atoms with Crippen LogP contribution < -0.4 is 5.73 Å². The first-order chi connectivity index (χ1) is 8.79. The Kier molecular flexibility index (Phi) is 3.06. The number of hydrogen-bond donors (Lipinski definition) is 1. The number of hydrogen-bond acceptors (Lipinski definition) is 3. The Bertz CT molecular complexity index is 545. The molecule has 1 aromatic heterocycles. The van der Waals surface area contributed by atoms with Gasteiger partial charge in [-0.05, 0) is 30.4 Å². The van der Waals surface area contributed by atoms with Crippen LogP contribution in [0, 0.1) is 0 Å². The van der Waals surface area contributed by atoms with E-state index in [0.29, 0.717) is 6.54 Å². The van der Waals surface area contributed by atoms with Crippen molar-refractivity contribution in [3.05, 3.63) is 35.2 Å². The van der Waals surface area contributed by atoms with Gasteiger partial charge in [-0.3, -0.25) is 4.79 Å². The first-order valence-electron chi connectivity index (χ1n) is 6.29. The van der Waals surface area contributed by atoms with E-state index < -0.39 is 0 Å². The molecule has 1 saturated heterocycles. The number of benzene rings is 1. The second kappa shape index (κ2) is 4.71. The van der Waals surface area contributed by atoms with E-state index in [4.69, 9.17) is 5.73 Å². The molecule has 2 aromatic rings. The molecule has 0 saturated carbocycles. The summed E-state index contributed by atoms with van der Waals surface area (Å²) in [4.78, 5) is 15.2. The van der Waals surface area contributed by atoms with Crippen molar-refractivity contribution in [1.82, 2.24) is 4.90 Å². The van der Waals surface area contributed by atoms with Crippen LogP contribution in [-0.4, -0.2) is 29.9 Å². The molecule has 1 aromatic carbocycles. The summed E-state index contributed by atoms with van der Waals surface area (Å²) in [5.74, 6) is 0.143. The average molecular weight is 260 g/mol. The average Bonchev–Trinajstić information content (AvgIpc) is 3.03. The number of rotatable bonds is 2. The summed E-state index contributed by atoms with van der Waals surface area (Å²) in [6.45, 7) is 1.41. The fraction of sp³-hybridized carbons (Fsp3) is 0.357. The van der Waals surface area contributed by atoms with Crippen molar-refractivity contribution in [2.24, 2.45) is 5.73 Å². The quantitative estimate of drug-likeness (QED) is 0.901. The third-order valence-electron chi connectivity index (χ3n) is 3.55. The number of carbonyl (C=O) groups is 1. The lowest BCUT2D eigenvalue weighted by Crippen LogP contribution is -2.39. The molecule has 1 fully saturated rings. The van der Waals surface area contributed by atoms with Crippen LogP contribution in [0.25, 0.3) is 10.1 Å². The Morgan fingerprint density at radius 2 is 2.28 bits per heavy atom. The van der Waals surface area contributed by atoms with E-state index in [-0.39, 0.29) is 11.9 Å². The predicted octanol–water partition coefficient (Wildman–Crippen LogP) is 2.46. The summed E-state index contributed by atoms with van der Waals surface area (Å²) >= 11 is 1.57. The fourth-order valence-corrected chi connectivity index (χ4v) is 3.60. The molecule has 1 aliphatic rings. The molecule has 2 heterocycles. The molecule has 0 aliphatic carbocycles. The van der Waals surface area contributed by atoms with Crippen molar-refractivity contribution in [2.45, 2.75) is 18.9 Å². The van der Waals surface area contributed by atoms with Crippen molar-refractivity contribution < 1.29 is 4.79 Å². The van der Waals surface area contributed by atoms with Crippen LogP contribution in [-0.2, 0) is 0 Å². The van der Waals surface area contributed by atoms with Crippen LogP contribution in [0.1, 0.15) is 22.5 Å². The van der Waals surface area contributed by atoms with E-state index >= 15 is 0 Å². The first kappa shape index (κ1) is 11.7. The Hall–Kier alpha value is -1.39. The Labute approximate surface area is 110 Å². The van der Waals surface area contributed by atoms with Crippen LogP contribution in [0.5, 0.6) is 0 Å². The lowest BCUT2D eigenvalue weighted by atomic mass is 10.2. The first-order valence-corrected chi connectivity index (χ1v) is 7.11. The molecular formula is C14H16N2OS. The molecule has 1 atom stereocenters. The van der Waals surface area contributed by atoms with Gasteiger partial charge in [0.1, 0.15) is 0 Å².